The lowest BCUT2D eigenvalue weighted by molar-refractivity contribution is -0.387. The minimum atomic E-state index is -4.49. The van der Waals surface area contributed by atoms with Gasteiger partial charge in [-0.15, -0.1) is 11.8 Å². The Balaban J connectivity index is 2.24. The first-order valence-corrected chi connectivity index (χ1v) is 10.6. The molecule has 0 aliphatic heterocycles. The number of nitro groups is 1. The van der Waals surface area contributed by atoms with Gasteiger partial charge < -0.3 is 4.74 Å². The van der Waals surface area contributed by atoms with Crippen molar-refractivity contribution in [2.75, 3.05) is 31.4 Å². The molecule has 0 atom stereocenters. The van der Waals surface area contributed by atoms with Crippen LogP contribution < -0.4 is 9.62 Å². The summed E-state index contributed by atoms with van der Waals surface area (Å²) in [4.78, 5) is 31.4. The van der Waals surface area contributed by atoms with E-state index in [2.05, 4.69) is 9.97 Å². The molecular formula is C16H19N5O6S2. The Hall–Kier alpha value is -2.77. The smallest absolute Gasteiger partial charge is 0.337 e. The number of ether oxygens (including phenoxy) is 1. The van der Waals surface area contributed by atoms with Crippen molar-refractivity contribution in [3.63, 3.8) is 0 Å². The highest BCUT2D eigenvalue weighted by atomic mass is 32.2. The van der Waals surface area contributed by atoms with Crippen molar-refractivity contribution in [2.45, 2.75) is 16.8 Å². The van der Waals surface area contributed by atoms with Crippen LogP contribution in [0.1, 0.15) is 5.69 Å². The lowest BCUT2D eigenvalue weighted by Crippen LogP contribution is -2.41. The van der Waals surface area contributed by atoms with Crippen LogP contribution in [-0.4, -0.2) is 55.9 Å². The van der Waals surface area contributed by atoms with Gasteiger partial charge >= 0.3 is 6.03 Å². The quantitative estimate of drug-likeness (QED) is 0.214. The van der Waals surface area contributed by atoms with E-state index in [4.69, 9.17) is 4.74 Å². The van der Waals surface area contributed by atoms with Crippen LogP contribution in [-0.2, 0) is 14.8 Å². The molecule has 0 saturated heterocycles. The third-order valence-electron chi connectivity index (χ3n) is 3.53. The number of aryl methyl sites for hydroxylation is 1. The summed E-state index contributed by atoms with van der Waals surface area (Å²) < 4.78 is 31.8. The van der Waals surface area contributed by atoms with Crippen LogP contribution in [0, 0.1) is 17.0 Å². The molecule has 0 bridgehead atoms. The summed E-state index contributed by atoms with van der Waals surface area (Å²) in [6.45, 7) is 2.22. The fourth-order valence-electron chi connectivity index (χ4n) is 2.14. The monoisotopic (exact) mass is 441 g/mol. The van der Waals surface area contributed by atoms with Crippen molar-refractivity contribution in [1.82, 2.24) is 14.7 Å². The van der Waals surface area contributed by atoms with E-state index in [1.54, 1.807) is 24.8 Å². The number of hydrogen-bond acceptors (Lipinski definition) is 9. The number of para-hydroxylation sites is 1. The number of carbonyl (C=O) groups is 1. The molecule has 2 rings (SSSR count). The van der Waals surface area contributed by atoms with Gasteiger partial charge in [0.15, 0.2) is 4.90 Å². The number of thioether (sulfide) groups is 1. The van der Waals surface area contributed by atoms with E-state index in [0.29, 0.717) is 23.1 Å². The molecule has 29 heavy (non-hydrogen) atoms. The van der Waals surface area contributed by atoms with Gasteiger partial charge in [-0.3, -0.25) is 15.0 Å². The van der Waals surface area contributed by atoms with Gasteiger partial charge in [0, 0.05) is 31.7 Å². The minimum Gasteiger partial charge on any atom is -0.384 e. The summed E-state index contributed by atoms with van der Waals surface area (Å²) in [5.41, 5.74) is -0.0600. The van der Waals surface area contributed by atoms with Gasteiger partial charge in [0.25, 0.3) is 15.7 Å². The molecule has 1 aromatic carbocycles. The molecule has 156 valence electrons. The Labute approximate surface area is 171 Å². The number of hydrogen-bond donors (Lipinski definition) is 1. The first-order valence-electron chi connectivity index (χ1n) is 8.17. The predicted octanol–water partition coefficient (Wildman–Crippen LogP) is 1.97. The standard InChI is InChI=1S/C16H19N5O6S2/c1-11-10-14(28-9-8-27-3)18-15(17-11)20(2)16(22)19-29(25,26)13-7-5-4-6-12(13)21(23)24/h4-7,10H,8-9H2,1-3H3,(H,19,22). The Morgan fingerprint density at radius 2 is 2.03 bits per heavy atom. The maximum absolute atomic E-state index is 12.5. The molecule has 1 heterocycles. The molecular weight excluding hydrogens is 422 g/mol. The number of anilines is 1. The van der Waals surface area contributed by atoms with Crippen LogP contribution in [0.2, 0.25) is 0 Å². The second-order valence-electron chi connectivity index (χ2n) is 5.68. The average molecular weight is 441 g/mol. The highest BCUT2D eigenvalue weighted by Crippen LogP contribution is 2.23. The second-order valence-corrected chi connectivity index (χ2v) is 8.45. The fourth-order valence-corrected chi connectivity index (χ4v) is 4.15. The van der Waals surface area contributed by atoms with Crippen molar-refractivity contribution >= 4 is 39.5 Å². The number of amides is 2. The number of nitro benzene ring substituents is 1. The molecule has 0 spiro atoms. The van der Waals surface area contributed by atoms with E-state index in [0.717, 1.165) is 17.0 Å². The van der Waals surface area contributed by atoms with Gasteiger partial charge in [-0.1, -0.05) is 12.1 Å². The lowest BCUT2D eigenvalue weighted by atomic mass is 10.3. The van der Waals surface area contributed by atoms with Crippen LogP contribution >= 0.6 is 11.8 Å². The van der Waals surface area contributed by atoms with Gasteiger partial charge in [0.05, 0.1) is 11.5 Å². The zero-order valence-electron chi connectivity index (χ0n) is 15.9. The SMILES string of the molecule is COCCSc1cc(C)nc(N(C)C(=O)NS(=O)(=O)c2ccccc2[N+](=O)[O-])n1. The molecule has 2 amide bonds. The second kappa shape index (κ2) is 9.62. The maximum atomic E-state index is 12.5. The molecule has 0 radical (unpaired) electrons. The third kappa shape index (κ3) is 5.85. The first kappa shape index (κ1) is 22.5. The number of aromatic nitrogens is 2. The number of nitrogens with zero attached hydrogens (tertiary/aromatic N) is 4. The third-order valence-corrected chi connectivity index (χ3v) is 5.78. The highest BCUT2D eigenvalue weighted by molar-refractivity contribution is 7.99. The Bertz CT molecular complexity index is 1010. The normalized spacial score (nSPS) is 11.1. The number of rotatable bonds is 8. The maximum Gasteiger partial charge on any atom is 0.337 e. The molecule has 0 unspecified atom stereocenters. The Morgan fingerprint density at radius 3 is 2.69 bits per heavy atom. The van der Waals surface area contributed by atoms with E-state index in [1.807, 2.05) is 0 Å². The number of methoxy groups -OCH3 is 1. The molecule has 1 N–H and O–H groups in total. The highest BCUT2D eigenvalue weighted by Gasteiger charge is 2.28. The Kier molecular flexibility index (Phi) is 7.47. The van der Waals surface area contributed by atoms with Gasteiger partial charge in [-0.25, -0.2) is 27.9 Å². The predicted molar refractivity (Wildman–Crippen MR) is 107 cm³/mol. The van der Waals surface area contributed by atoms with Crippen molar-refractivity contribution in [3.8, 4) is 0 Å². The van der Waals surface area contributed by atoms with Crippen LogP contribution in [0.25, 0.3) is 0 Å². The van der Waals surface area contributed by atoms with Crippen molar-refractivity contribution in [1.29, 1.82) is 0 Å². The minimum absolute atomic E-state index is 0.0137. The molecule has 0 aliphatic rings. The van der Waals surface area contributed by atoms with Crippen LogP contribution in [0.4, 0.5) is 16.4 Å². The molecule has 13 heteroatoms. The summed E-state index contributed by atoms with van der Waals surface area (Å²) in [7, 11) is -1.62. The molecule has 0 saturated carbocycles. The van der Waals surface area contributed by atoms with E-state index in [1.165, 1.54) is 30.9 Å². The number of nitrogens with one attached hydrogen (secondary N) is 1. The fraction of sp³-hybridized carbons (Fsp3) is 0.312. The number of carbonyl (C=O) groups excluding carboxylic acids is 1. The number of urea groups is 1. The topological polar surface area (TPSA) is 145 Å². The number of benzene rings is 1. The summed E-state index contributed by atoms with van der Waals surface area (Å²) >= 11 is 1.39. The van der Waals surface area contributed by atoms with Crippen molar-refractivity contribution in [3.05, 3.63) is 46.1 Å². The molecule has 2 aromatic rings. The lowest BCUT2D eigenvalue weighted by Gasteiger charge is -2.17. The first-order chi connectivity index (χ1) is 13.7. The molecule has 11 nitrogen and oxygen atoms in total. The van der Waals surface area contributed by atoms with Crippen LogP contribution in [0.5, 0.6) is 0 Å². The molecule has 0 fully saturated rings. The summed E-state index contributed by atoms with van der Waals surface area (Å²) in [5.74, 6) is 0.620. The van der Waals surface area contributed by atoms with Gasteiger partial charge in [0.1, 0.15) is 5.03 Å². The van der Waals surface area contributed by atoms with E-state index >= 15 is 0 Å². The molecule has 0 aliphatic carbocycles. The zero-order chi connectivity index (χ0) is 21.6. The zero-order valence-corrected chi connectivity index (χ0v) is 17.5. The van der Waals surface area contributed by atoms with E-state index < -0.39 is 31.6 Å². The van der Waals surface area contributed by atoms with Gasteiger partial charge in [-0.05, 0) is 19.1 Å². The number of sulfonamides is 1. The van der Waals surface area contributed by atoms with E-state index in [9.17, 15) is 23.3 Å². The van der Waals surface area contributed by atoms with Crippen LogP contribution in [0.3, 0.4) is 0 Å². The van der Waals surface area contributed by atoms with Crippen molar-refractivity contribution < 1.29 is 22.9 Å². The average Bonchev–Trinajstić information content (AvgIpc) is 2.66. The summed E-state index contributed by atoms with van der Waals surface area (Å²) in [5, 5.41) is 11.7. The van der Waals surface area contributed by atoms with E-state index in [-0.39, 0.29) is 5.95 Å². The van der Waals surface area contributed by atoms with Gasteiger partial charge in [0.2, 0.25) is 5.95 Å². The van der Waals surface area contributed by atoms with Crippen molar-refractivity contribution in [2.24, 2.45) is 0 Å². The molecule has 1 aromatic heterocycles. The largest absolute Gasteiger partial charge is 0.384 e. The van der Waals surface area contributed by atoms with Gasteiger partial charge in [-0.2, -0.15) is 0 Å². The van der Waals surface area contributed by atoms with Crippen LogP contribution in [0.15, 0.2) is 40.3 Å². The summed E-state index contributed by atoms with van der Waals surface area (Å²) in [6.07, 6.45) is 0. The Morgan fingerprint density at radius 1 is 1.34 bits per heavy atom. The summed E-state index contributed by atoms with van der Waals surface area (Å²) in [6, 6.07) is 5.40.